The van der Waals surface area contributed by atoms with Crippen molar-refractivity contribution in [1.29, 1.82) is 0 Å². The highest BCUT2D eigenvalue weighted by atomic mass is 32.2. The largest absolute Gasteiger partial charge is 0.463 e. The van der Waals surface area contributed by atoms with E-state index in [9.17, 15) is 24.0 Å². The molecule has 13 nitrogen and oxygen atoms in total. The Balaban J connectivity index is 2.43. The number of thioether (sulfide) groups is 1. The minimum absolute atomic E-state index is 0.0882. The van der Waals surface area contributed by atoms with Gasteiger partial charge in [-0.25, -0.2) is 0 Å². The van der Waals surface area contributed by atoms with E-state index in [-0.39, 0.29) is 13.2 Å². The van der Waals surface area contributed by atoms with Crippen molar-refractivity contribution in [3.05, 3.63) is 12.2 Å². The van der Waals surface area contributed by atoms with Crippen molar-refractivity contribution in [3.63, 3.8) is 0 Å². The van der Waals surface area contributed by atoms with Gasteiger partial charge < -0.3 is 38.5 Å². The summed E-state index contributed by atoms with van der Waals surface area (Å²) in [6, 6.07) is -0.979. The lowest BCUT2D eigenvalue weighted by Gasteiger charge is -2.46. The summed E-state index contributed by atoms with van der Waals surface area (Å²) in [5.74, 6) is -2.94. The first kappa shape index (κ1) is 30.5. The second-order valence-electron chi connectivity index (χ2n) is 8.29. The van der Waals surface area contributed by atoms with Crippen LogP contribution in [0, 0.1) is 0 Å². The maximum absolute atomic E-state index is 12.1. The van der Waals surface area contributed by atoms with E-state index in [0.717, 1.165) is 6.92 Å². The van der Waals surface area contributed by atoms with Gasteiger partial charge in [0.1, 0.15) is 36.9 Å². The minimum Gasteiger partial charge on any atom is -0.463 e. The normalized spacial score (nSPS) is 31.1. The lowest BCUT2D eigenvalue weighted by Crippen LogP contribution is -2.65. The van der Waals surface area contributed by atoms with Crippen LogP contribution in [0.4, 0.5) is 0 Å². The van der Waals surface area contributed by atoms with Crippen molar-refractivity contribution in [2.45, 2.75) is 82.1 Å². The Kier molecular flexibility index (Phi) is 11.8. The van der Waals surface area contributed by atoms with Crippen molar-refractivity contribution >= 4 is 41.5 Å². The number of rotatable bonds is 10. The summed E-state index contributed by atoms with van der Waals surface area (Å²) in [5.41, 5.74) is -0.905. The van der Waals surface area contributed by atoms with Crippen LogP contribution in [0.5, 0.6) is 0 Å². The maximum Gasteiger partial charge on any atom is 0.303 e. The number of hydrogen-bond acceptors (Lipinski definition) is 13. The van der Waals surface area contributed by atoms with E-state index in [1.807, 2.05) is 0 Å². The summed E-state index contributed by atoms with van der Waals surface area (Å²) in [5, 5.41) is 2.25. The number of methoxy groups -OCH3 is 1. The summed E-state index contributed by atoms with van der Waals surface area (Å²) in [4.78, 5) is 58.9. The molecule has 0 spiro atoms. The highest BCUT2D eigenvalue weighted by Gasteiger charge is 2.52. The van der Waals surface area contributed by atoms with Crippen LogP contribution in [0.15, 0.2) is 12.2 Å². The third-order valence-corrected chi connectivity index (χ3v) is 6.63. The Morgan fingerprint density at radius 3 is 1.86 bits per heavy atom. The van der Waals surface area contributed by atoms with Crippen LogP contribution in [0.3, 0.4) is 0 Å². The van der Waals surface area contributed by atoms with Crippen molar-refractivity contribution < 1.29 is 57.1 Å². The molecule has 2 rings (SSSR count). The molecule has 208 valence electrons. The zero-order chi connectivity index (χ0) is 27.7. The fourth-order valence-corrected chi connectivity index (χ4v) is 5.19. The SMILES string of the molecule is CO[C@@H]1C=C[C@H](S[C@@H]2O[C@H](COC(C)=O)[C@@H](OC(C)=O)[C@H](OC(C)=O)[C@H]2NC(C)=O)[C@@H](COC(C)=O)O1. The molecule has 0 aliphatic carbocycles. The molecule has 2 aliphatic rings. The van der Waals surface area contributed by atoms with E-state index >= 15 is 0 Å². The molecule has 0 saturated carbocycles. The minimum atomic E-state index is -1.19. The van der Waals surface area contributed by atoms with Crippen LogP contribution in [0.2, 0.25) is 0 Å². The molecule has 0 radical (unpaired) electrons. The number of nitrogens with one attached hydrogen (secondary N) is 1. The van der Waals surface area contributed by atoms with Crippen molar-refractivity contribution in [1.82, 2.24) is 5.32 Å². The van der Waals surface area contributed by atoms with Crippen LogP contribution < -0.4 is 5.32 Å². The Morgan fingerprint density at radius 2 is 1.35 bits per heavy atom. The smallest absolute Gasteiger partial charge is 0.303 e. The Bertz CT molecular complexity index is 880. The lowest BCUT2D eigenvalue weighted by molar-refractivity contribution is -0.212. The molecule has 0 unspecified atom stereocenters. The number of carbonyl (C=O) groups is 5. The van der Waals surface area contributed by atoms with Gasteiger partial charge in [-0.05, 0) is 6.08 Å². The second kappa shape index (κ2) is 14.3. The topological polar surface area (TPSA) is 162 Å². The van der Waals surface area contributed by atoms with E-state index in [2.05, 4.69) is 5.32 Å². The molecule has 1 saturated heterocycles. The molecule has 1 amide bonds. The van der Waals surface area contributed by atoms with Gasteiger partial charge in [-0.15, -0.1) is 11.8 Å². The third-order valence-electron chi connectivity index (χ3n) is 5.18. The first-order chi connectivity index (χ1) is 17.4. The Morgan fingerprint density at radius 1 is 0.784 bits per heavy atom. The van der Waals surface area contributed by atoms with Crippen LogP contribution in [0.25, 0.3) is 0 Å². The number of carbonyl (C=O) groups excluding carboxylic acids is 5. The fraction of sp³-hybridized carbons (Fsp3) is 0.696. The molecular weight excluding hydrogens is 514 g/mol. The fourth-order valence-electron chi connectivity index (χ4n) is 3.78. The molecule has 0 bridgehead atoms. The second-order valence-corrected chi connectivity index (χ2v) is 9.57. The van der Waals surface area contributed by atoms with Gasteiger partial charge in [0.25, 0.3) is 0 Å². The summed E-state index contributed by atoms with van der Waals surface area (Å²) < 4.78 is 38.4. The highest BCUT2D eigenvalue weighted by molar-refractivity contribution is 8.00. The Labute approximate surface area is 218 Å². The zero-order valence-corrected chi connectivity index (χ0v) is 22.3. The molecule has 0 aromatic heterocycles. The molecule has 2 heterocycles. The predicted molar refractivity (Wildman–Crippen MR) is 127 cm³/mol. The summed E-state index contributed by atoms with van der Waals surface area (Å²) in [7, 11) is 1.46. The van der Waals surface area contributed by atoms with E-state index in [1.165, 1.54) is 46.6 Å². The Hall–Kier alpha value is -2.68. The van der Waals surface area contributed by atoms with E-state index in [4.69, 9.17) is 33.2 Å². The summed E-state index contributed by atoms with van der Waals surface area (Å²) in [6.45, 7) is 5.68. The highest BCUT2D eigenvalue weighted by Crippen LogP contribution is 2.37. The van der Waals surface area contributed by atoms with Gasteiger partial charge in [0.15, 0.2) is 18.5 Å². The quantitative estimate of drug-likeness (QED) is 0.225. The van der Waals surface area contributed by atoms with Gasteiger partial charge >= 0.3 is 23.9 Å². The van der Waals surface area contributed by atoms with Gasteiger partial charge in [0, 0.05) is 41.7 Å². The van der Waals surface area contributed by atoms with Gasteiger partial charge in [-0.3, -0.25) is 24.0 Å². The first-order valence-corrected chi connectivity index (χ1v) is 12.4. The van der Waals surface area contributed by atoms with Crippen LogP contribution >= 0.6 is 11.8 Å². The molecule has 37 heavy (non-hydrogen) atoms. The molecule has 8 atom stereocenters. The zero-order valence-electron chi connectivity index (χ0n) is 21.5. The monoisotopic (exact) mass is 547 g/mol. The third kappa shape index (κ3) is 9.61. The van der Waals surface area contributed by atoms with Crippen molar-refractivity contribution in [2.75, 3.05) is 20.3 Å². The summed E-state index contributed by atoms with van der Waals surface area (Å²) >= 11 is 1.19. The van der Waals surface area contributed by atoms with Gasteiger partial charge in [0.2, 0.25) is 5.91 Å². The van der Waals surface area contributed by atoms with Crippen molar-refractivity contribution in [2.24, 2.45) is 0 Å². The number of ether oxygens (including phenoxy) is 7. The van der Waals surface area contributed by atoms with Crippen LogP contribution in [-0.4, -0.2) is 97.5 Å². The lowest BCUT2D eigenvalue weighted by atomic mass is 9.97. The maximum atomic E-state index is 12.1. The van der Waals surface area contributed by atoms with Crippen molar-refractivity contribution in [3.8, 4) is 0 Å². The standard InChI is InChI=1S/C23H33NO12S/c1-11(25)24-20-22(34-15(5)29)21(33-14(4)28)17(10-32-13(3)27)36-23(20)37-18-7-8-19(30-6)35-16(18)9-31-12(2)26/h7-8,16-23H,9-10H2,1-6H3,(H,24,25)/t16-,17-,18+,19+,20-,21-,22-,23+/m1/s1. The van der Waals surface area contributed by atoms with Crippen LogP contribution in [0.1, 0.15) is 34.6 Å². The van der Waals surface area contributed by atoms with E-state index < -0.39 is 77.2 Å². The van der Waals surface area contributed by atoms with Gasteiger partial charge in [-0.1, -0.05) is 6.08 Å². The number of hydrogen-bond donors (Lipinski definition) is 1. The number of esters is 4. The average molecular weight is 548 g/mol. The molecular formula is C23H33NO12S. The summed E-state index contributed by atoms with van der Waals surface area (Å²) in [6.07, 6.45) is -1.28. The van der Waals surface area contributed by atoms with Crippen LogP contribution in [-0.2, 0) is 57.1 Å². The molecule has 2 aliphatic heterocycles. The van der Waals surface area contributed by atoms with E-state index in [0.29, 0.717) is 0 Å². The molecule has 0 aromatic rings. The van der Waals surface area contributed by atoms with Gasteiger partial charge in [0.05, 0.1) is 5.25 Å². The molecule has 14 heteroatoms. The molecule has 1 fully saturated rings. The first-order valence-electron chi connectivity index (χ1n) is 11.5. The average Bonchev–Trinajstić information content (AvgIpc) is 2.79. The predicted octanol–water partition coefficient (Wildman–Crippen LogP) is 0.235. The molecule has 0 aromatic carbocycles. The van der Waals surface area contributed by atoms with Gasteiger partial charge in [-0.2, -0.15) is 0 Å². The van der Waals surface area contributed by atoms with E-state index in [1.54, 1.807) is 12.2 Å². The number of amides is 1. The molecule has 1 N–H and O–H groups in total.